The number of hydrogen-bond acceptors (Lipinski definition) is 6. The van der Waals surface area contributed by atoms with Gasteiger partial charge in [-0.25, -0.2) is 0 Å². The second-order valence-electron chi connectivity index (χ2n) is 6.51. The molecule has 1 aromatic carbocycles. The van der Waals surface area contributed by atoms with Crippen molar-refractivity contribution in [1.29, 1.82) is 0 Å². The lowest BCUT2D eigenvalue weighted by Crippen LogP contribution is -2.29. The molecule has 1 aromatic rings. The zero-order valence-electron chi connectivity index (χ0n) is 14.2. The summed E-state index contributed by atoms with van der Waals surface area (Å²) in [7, 11) is 1.87. The summed E-state index contributed by atoms with van der Waals surface area (Å²) in [6.45, 7) is 9.30. The Hall–Kier alpha value is -1.60. The molecule has 1 aliphatic rings. The van der Waals surface area contributed by atoms with Crippen LogP contribution < -0.4 is 25.8 Å². The molecule has 0 saturated carbocycles. The van der Waals surface area contributed by atoms with Crippen LogP contribution in [-0.2, 0) is 0 Å². The van der Waals surface area contributed by atoms with Crippen LogP contribution in [0.1, 0.15) is 20.8 Å². The molecule has 0 atom stereocenters. The number of benzene rings is 1. The van der Waals surface area contributed by atoms with Crippen LogP contribution in [0.5, 0.6) is 11.5 Å². The largest absolute Gasteiger partial charge is 0.454 e. The second-order valence-corrected chi connectivity index (χ2v) is 7.57. The number of thioether (sulfide) groups is 1. The summed E-state index contributed by atoms with van der Waals surface area (Å²) in [6, 6.07) is 3.85. The third kappa shape index (κ3) is 5.51. The van der Waals surface area contributed by atoms with Crippen molar-refractivity contribution in [2.24, 2.45) is 16.1 Å². The monoisotopic (exact) mass is 338 g/mol. The molecule has 0 saturated heterocycles. The first-order chi connectivity index (χ1) is 10.9. The maximum atomic E-state index is 6.03. The van der Waals surface area contributed by atoms with Gasteiger partial charge in [0.2, 0.25) is 6.79 Å². The minimum Gasteiger partial charge on any atom is -0.454 e. The highest BCUT2D eigenvalue weighted by atomic mass is 32.2. The van der Waals surface area contributed by atoms with Crippen LogP contribution in [0, 0.1) is 5.41 Å². The average Bonchev–Trinajstić information content (AvgIpc) is 2.91. The minimum absolute atomic E-state index is 0.260. The van der Waals surface area contributed by atoms with Gasteiger partial charge in [0.05, 0.1) is 12.2 Å². The maximum absolute atomic E-state index is 6.03. The Morgan fingerprint density at radius 2 is 2.00 bits per heavy atom. The molecule has 0 aliphatic carbocycles. The number of aliphatic imine (C=N–C) groups is 1. The maximum Gasteiger partial charge on any atom is 0.231 e. The fourth-order valence-corrected chi connectivity index (χ4v) is 2.87. The Kier molecular flexibility index (Phi) is 6.01. The lowest BCUT2D eigenvalue weighted by molar-refractivity contribution is 0.174. The summed E-state index contributed by atoms with van der Waals surface area (Å²) in [5, 5.41) is 7.06. The molecular weight excluding hydrogens is 312 g/mol. The zero-order chi connectivity index (χ0) is 16.9. The van der Waals surface area contributed by atoms with Crippen molar-refractivity contribution in [3.63, 3.8) is 0 Å². The molecule has 4 N–H and O–H groups in total. The summed E-state index contributed by atoms with van der Waals surface area (Å²) in [4.78, 5) is 5.38. The summed E-state index contributed by atoms with van der Waals surface area (Å²) in [5.41, 5.74) is 7.25. The van der Waals surface area contributed by atoms with E-state index in [-0.39, 0.29) is 12.2 Å². The predicted molar refractivity (Wildman–Crippen MR) is 96.8 cm³/mol. The van der Waals surface area contributed by atoms with E-state index in [1.54, 1.807) is 0 Å². The molecule has 6 nitrogen and oxygen atoms in total. The molecule has 0 fully saturated rings. The molecule has 128 valence electrons. The van der Waals surface area contributed by atoms with Crippen molar-refractivity contribution < 1.29 is 9.47 Å². The van der Waals surface area contributed by atoms with Gasteiger partial charge in [-0.3, -0.25) is 4.99 Å². The van der Waals surface area contributed by atoms with E-state index >= 15 is 0 Å². The Morgan fingerprint density at radius 3 is 2.65 bits per heavy atom. The number of hydrogen-bond donors (Lipinski definition) is 3. The summed E-state index contributed by atoms with van der Waals surface area (Å²) < 4.78 is 10.8. The lowest BCUT2D eigenvalue weighted by atomic mass is 9.97. The van der Waals surface area contributed by atoms with Crippen molar-refractivity contribution >= 4 is 22.6 Å². The van der Waals surface area contributed by atoms with E-state index in [0.29, 0.717) is 11.7 Å². The molecule has 0 aromatic heterocycles. The van der Waals surface area contributed by atoms with Crippen molar-refractivity contribution in [2.45, 2.75) is 25.7 Å². The van der Waals surface area contributed by atoms with E-state index in [0.717, 1.165) is 35.2 Å². The van der Waals surface area contributed by atoms with Gasteiger partial charge in [0.1, 0.15) is 0 Å². The van der Waals surface area contributed by atoms with Gasteiger partial charge in [-0.2, -0.15) is 0 Å². The molecule has 0 bridgehead atoms. The van der Waals surface area contributed by atoms with Crippen molar-refractivity contribution in [1.82, 2.24) is 5.32 Å². The number of fused-ring (bicyclic) bond motifs is 1. The van der Waals surface area contributed by atoms with Gasteiger partial charge in [-0.15, -0.1) is 0 Å². The topological polar surface area (TPSA) is 80.9 Å². The van der Waals surface area contributed by atoms with Gasteiger partial charge < -0.3 is 25.8 Å². The molecule has 0 spiro atoms. The van der Waals surface area contributed by atoms with Crippen molar-refractivity contribution in [3.05, 3.63) is 12.1 Å². The van der Waals surface area contributed by atoms with Crippen LogP contribution in [0.2, 0.25) is 0 Å². The van der Waals surface area contributed by atoms with Gasteiger partial charge in [-0.1, -0.05) is 32.5 Å². The first-order valence-corrected chi connectivity index (χ1v) is 8.50. The van der Waals surface area contributed by atoms with Crippen molar-refractivity contribution in [2.75, 3.05) is 38.8 Å². The van der Waals surface area contributed by atoms with Gasteiger partial charge in [0, 0.05) is 37.2 Å². The SMILES string of the molecule is CNc1cc2c(cc1SC(N)=NCCNCC(C)(C)C)OCO2. The third-order valence-corrected chi connectivity index (χ3v) is 4.07. The normalized spacial score (nSPS) is 14.2. The van der Waals surface area contributed by atoms with E-state index in [1.165, 1.54) is 11.8 Å². The summed E-state index contributed by atoms with van der Waals surface area (Å²) in [6.07, 6.45) is 0. The highest BCUT2D eigenvalue weighted by Crippen LogP contribution is 2.40. The number of nitrogens with one attached hydrogen (secondary N) is 2. The zero-order valence-corrected chi connectivity index (χ0v) is 15.0. The minimum atomic E-state index is 0.260. The smallest absolute Gasteiger partial charge is 0.231 e. The van der Waals surface area contributed by atoms with Gasteiger partial charge in [0.25, 0.3) is 0 Å². The Labute approximate surface area is 142 Å². The number of amidine groups is 1. The number of rotatable bonds is 6. The Balaban J connectivity index is 1.89. The standard InChI is InChI=1S/C16H26N4O2S/c1-16(2,3)9-19-5-6-20-15(17)23-14-8-13-12(21-10-22-13)7-11(14)18-4/h7-8,18-19H,5-6,9-10H2,1-4H3,(H2,17,20). The van der Waals surface area contributed by atoms with Crippen LogP contribution in [0.4, 0.5) is 5.69 Å². The van der Waals surface area contributed by atoms with Crippen LogP contribution in [-0.4, -0.2) is 38.6 Å². The highest BCUT2D eigenvalue weighted by Gasteiger charge is 2.17. The second kappa shape index (κ2) is 7.79. The third-order valence-electron chi connectivity index (χ3n) is 3.17. The number of ether oxygens (including phenoxy) is 2. The Morgan fingerprint density at radius 1 is 1.30 bits per heavy atom. The van der Waals surface area contributed by atoms with Gasteiger partial charge >= 0.3 is 0 Å². The molecule has 7 heteroatoms. The first kappa shape index (κ1) is 17.7. The summed E-state index contributed by atoms with van der Waals surface area (Å²) >= 11 is 1.43. The van der Waals surface area contributed by atoms with Crippen LogP contribution in [0.15, 0.2) is 22.0 Å². The molecule has 1 heterocycles. The van der Waals surface area contributed by atoms with E-state index < -0.39 is 0 Å². The number of nitrogens with zero attached hydrogens (tertiary/aromatic N) is 1. The quantitative estimate of drug-likeness (QED) is 0.320. The lowest BCUT2D eigenvalue weighted by Gasteiger charge is -2.18. The van der Waals surface area contributed by atoms with E-state index in [9.17, 15) is 0 Å². The van der Waals surface area contributed by atoms with Gasteiger partial charge in [-0.05, 0) is 5.41 Å². The van der Waals surface area contributed by atoms with Crippen molar-refractivity contribution in [3.8, 4) is 11.5 Å². The van der Waals surface area contributed by atoms with Crippen LogP contribution in [0.3, 0.4) is 0 Å². The number of nitrogens with two attached hydrogens (primary N) is 1. The fourth-order valence-electron chi connectivity index (χ4n) is 2.06. The molecule has 2 rings (SSSR count). The van der Waals surface area contributed by atoms with Crippen LogP contribution in [0.25, 0.3) is 0 Å². The van der Waals surface area contributed by atoms with Gasteiger partial charge in [0.15, 0.2) is 16.7 Å². The van der Waals surface area contributed by atoms with Crippen LogP contribution >= 0.6 is 11.8 Å². The highest BCUT2D eigenvalue weighted by molar-refractivity contribution is 8.14. The van der Waals surface area contributed by atoms with E-state index in [4.69, 9.17) is 15.2 Å². The van der Waals surface area contributed by atoms with E-state index in [1.807, 2.05) is 19.2 Å². The van der Waals surface area contributed by atoms with E-state index in [2.05, 4.69) is 36.4 Å². The Bertz CT molecular complexity index is 570. The predicted octanol–water partition coefficient (Wildman–Crippen LogP) is 2.50. The summed E-state index contributed by atoms with van der Waals surface area (Å²) in [5.74, 6) is 1.49. The fraction of sp³-hybridized carbons (Fsp3) is 0.562. The molecule has 1 aliphatic heterocycles. The molecule has 23 heavy (non-hydrogen) atoms. The molecule has 0 amide bonds. The molecular formula is C16H26N4O2S. The molecule has 0 radical (unpaired) electrons. The average molecular weight is 338 g/mol. The molecule has 0 unspecified atom stereocenters. The first-order valence-electron chi connectivity index (χ1n) is 7.69. The number of anilines is 1.